The van der Waals surface area contributed by atoms with Gasteiger partial charge in [0.2, 0.25) is 0 Å². The van der Waals surface area contributed by atoms with Gasteiger partial charge < -0.3 is 5.32 Å². The second-order valence-electron chi connectivity index (χ2n) is 3.96. The summed E-state index contributed by atoms with van der Waals surface area (Å²) in [4.78, 5) is 25.5. The molecule has 0 aliphatic rings. The van der Waals surface area contributed by atoms with Crippen molar-refractivity contribution in [2.24, 2.45) is 0 Å². The highest BCUT2D eigenvalue weighted by atomic mass is 79.9. The van der Waals surface area contributed by atoms with E-state index < -0.39 is 0 Å². The van der Waals surface area contributed by atoms with Crippen LogP contribution in [0.2, 0.25) is 0 Å². The molecule has 2 rings (SSSR count). The average molecular weight is 358 g/mol. The molecule has 0 bridgehead atoms. The Morgan fingerprint density at radius 1 is 1.32 bits per heavy atom. The number of Topliss-reactive ketones (excluding diaryl/α,β-unsaturated/α-hetero) is 1. The summed E-state index contributed by atoms with van der Waals surface area (Å²) in [6.45, 7) is 2.14. The van der Waals surface area contributed by atoms with Crippen molar-refractivity contribution in [1.82, 2.24) is 5.32 Å². The van der Waals surface area contributed by atoms with Crippen LogP contribution in [-0.2, 0) is 6.42 Å². The Morgan fingerprint density at radius 3 is 2.68 bits per heavy atom. The molecule has 6 heteroatoms. The van der Waals surface area contributed by atoms with Crippen molar-refractivity contribution < 1.29 is 9.59 Å². The van der Waals surface area contributed by atoms with Gasteiger partial charge in [0.15, 0.2) is 5.78 Å². The van der Waals surface area contributed by atoms with Crippen LogP contribution < -0.4 is 5.32 Å². The maximum atomic E-state index is 11.8. The number of hydrogen-bond donors (Lipinski definition) is 1. The van der Waals surface area contributed by atoms with E-state index in [1.807, 2.05) is 17.5 Å². The molecule has 0 unspecified atom stereocenters. The fourth-order valence-electron chi connectivity index (χ4n) is 1.52. The number of ketones is 1. The molecule has 0 aliphatic carbocycles. The minimum atomic E-state index is -0.0564. The molecule has 0 atom stereocenters. The van der Waals surface area contributed by atoms with Gasteiger partial charge in [0.25, 0.3) is 5.91 Å². The Labute approximate surface area is 127 Å². The van der Waals surface area contributed by atoms with Crippen LogP contribution >= 0.6 is 38.6 Å². The van der Waals surface area contributed by atoms with Crippen molar-refractivity contribution in [3.05, 3.63) is 42.7 Å². The Balaban J connectivity index is 1.83. The monoisotopic (exact) mass is 357 g/mol. The van der Waals surface area contributed by atoms with E-state index in [0.717, 1.165) is 20.6 Å². The molecule has 19 heavy (non-hydrogen) atoms. The van der Waals surface area contributed by atoms with Crippen LogP contribution in [0, 0.1) is 0 Å². The van der Waals surface area contributed by atoms with Crippen LogP contribution in [0.1, 0.15) is 31.1 Å². The molecule has 0 aliphatic heterocycles. The fourth-order valence-corrected chi connectivity index (χ4v) is 3.77. The Hall–Kier alpha value is -0.980. The zero-order chi connectivity index (χ0) is 13.8. The van der Waals surface area contributed by atoms with Gasteiger partial charge in [-0.15, -0.1) is 22.7 Å². The zero-order valence-corrected chi connectivity index (χ0v) is 13.5. The lowest BCUT2D eigenvalue weighted by Gasteiger charge is -2.01. The maximum absolute atomic E-state index is 11.8. The quantitative estimate of drug-likeness (QED) is 0.828. The number of carbonyl (C=O) groups excluding carboxylic acids is 2. The first-order chi connectivity index (χ1) is 9.06. The highest BCUT2D eigenvalue weighted by molar-refractivity contribution is 9.10. The molecule has 0 radical (unpaired) electrons. The second kappa shape index (κ2) is 6.45. The van der Waals surface area contributed by atoms with Crippen LogP contribution in [0.15, 0.2) is 28.1 Å². The third-order valence-corrected chi connectivity index (χ3v) is 5.39. The van der Waals surface area contributed by atoms with Gasteiger partial charge >= 0.3 is 0 Å². The normalized spacial score (nSPS) is 10.4. The summed E-state index contributed by atoms with van der Waals surface area (Å²) >= 11 is 6.22. The first kappa shape index (κ1) is 14.4. The molecule has 0 spiro atoms. The average Bonchev–Trinajstić information content (AvgIpc) is 2.98. The molecule has 0 aromatic carbocycles. The summed E-state index contributed by atoms with van der Waals surface area (Å²) < 4.78 is 0.923. The van der Waals surface area contributed by atoms with E-state index in [4.69, 9.17) is 0 Å². The van der Waals surface area contributed by atoms with Crippen LogP contribution in [-0.4, -0.2) is 18.2 Å². The molecule has 2 heterocycles. The molecular formula is C13H12BrNO2S2. The lowest BCUT2D eigenvalue weighted by molar-refractivity contribution is 0.0957. The third-order valence-electron chi connectivity index (χ3n) is 2.46. The van der Waals surface area contributed by atoms with Gasteiger partial charge in [-0.05, 0) is 47.5 Å². The number of amides is 1. The molecule has 0 fully saturated rings. The van der Waals surface area contributed by atoms with Crippen molar-refractivity contribution >= 4 is 50.3 Å². The van der Waals surface area contributed by atoms with Crippen molar-refractivity contribution in [2.75, 3.05) is 6.54 Å². The summed E-state index contributed by atoms with van der Waals surface area (Å²) in [6, 6.07) is 5.58. The third kappa shape index (κ3) is 3.99. The van der Waals surface area contributed by atoms with Crippen molar-refractivity contribution in [1.29, 1.82) is 0 Å². The minimum absolute atomic E-state index is 0.0564. The van der Waals surface area contributed by atoms with Gasteiger partial charge in [0.1, 0.15) is 0 Å². The summed E-state index contributed by atoms with van der Waals surface area (Å²) in [5.41, 5.74) is 0. The van der Waals surface area contributed by atoms with Crippen LogP contribution in [0.4, 0.5) is 0 Å². The van der Waals surface area contributed by atoms with Crippen LogP contribution in [0.5, 0.6) is 0 Å². The standard InChI is InChI=1S/C13H12BrNO2S2/c1-8(16)11-3-2-10(19-11)4-5-15-13(17)12-6-9(14)7-18-12/h2-3,6-7H,4-5H2,1H3,(H,15,17). The number of rotatable bonds is 5. The minimum Gasteiger partial charge on any atom is -0.351 e. The van der Waals surface area contributed by atoms with E-state index in [-0.39, 0.29) is 11.7 Å². The van der Waals surface area contributed by atoms with Gasteiger partial charge in [-0.2, -0.15) is 0 Å². The summed E-state index contributed by atoms with van der Waals surface area (Å²) in [7, 11) is 0. The number of nitrogens with one attached hydrogen (secondary N) is 1. The Bertz CT molecular complexity index is 603. The van der Waals surface area contributed by atoms with Gasteiger partial charge in [-0.3, -0.25) is 9.59 Å². The zero-order valence-electron chi connectivity index (χ0n) is 10.2. The molecule has 3 nitrogen and oxygen atoms in total. The van der Waals surface area contributed by atoms with E-state index in [1.54, 1.807) is 13.0 Å². The van der Waals surface area contributed by atoms with Crippen molar-refractivity contribution in [3.63, 3.8) is 0 Å². The molecule has 1 amide bonds. The molecule has 2 aromatic heterocycles. The van der Waals surface area contributed by atoms with E-state index in [2.05, 4.69) is 21.2 Å². The number of halogens is 1. The van der Waals surface area contributed by atoms with Crippen LogP contribution in [0.3, 0.4) is 0 Å². The van der Waals surface area contributed by atoms with Crippen molar-refractivity contribution in [3.8, 4) is 0 Å². The molecular weight excluding hydrogens is 346 g/mol. The highest BCUT2D eigenvalue weighted by Crippen LogP contribution is 2.20. The lowest BCUT2D eigenvalue weighted by Crippen LogP contribution is -2.24. The first-order valence-corrected chi connectivity index (χ1v) is 8.17. The Kier molecular flexibility index (Phi) is 4.90. The summed E-state index contributed by atoms with van der Waals surface area (Å²) in [5.74, 6) is 0.0303. The molecule has 0 saturated heterocycles. The van der Waals surface area contributed by atoms with E-state index in [1.165, 1.54) is 22.7 Å². The fraction of sp³-hybridized carbons (Fsp3) is 0.231. The SMILES string of the molecule is CC(=O)c1ccc(CCNC(=O)c2cc(Br)cs2)s1. The van der Waals surface area contributed by atoms with Crippen LogP contribution in [0.25, 0.3) is 0 Å². The summed E-state index contributed by atoms with van der Waals surface area (Å²) in [5, 5.41) is 4.75. The van der Waals surface area contributed by atoms with Gasteiger partial charge in [0, 0.05) is 21.3 Å². The van der Waals surface area contributed by atoms with Gasteiger partial charge in [-0.25, -0.2) is 0 Å². The first-order valence-electron chi connectivity index (χ1n) is 5.68. The highest BCUT2D eigenvalue weighted by Gasteiger charge is 2.08. The van der Waals surface area contributed by atoms with E-state index in [0.29, 0.717) is 11.4 Å². The van der Waals surface area contributed by atoms with E-state index >= 15 is 0 Å². The maximum Gasteiger partial charge on any atom is 0.261 e. The number of carbonyl (C=O) groups is 2. The Morgan fingerprint density at radius 2 is 2.11 bits per heavy atom. The second-order valence-corrected chi connectivity index (χ2v) is 6.95. The topological polar surface area (TPSA) is 46.2 Å². The number of hydrogen-bond acceptors (Lipinski definition) is 4. The molecule has 0 saturated carbocycles. The van der Waals surface area contributed by atoms with Gasteiger partial charge in [0.05, 0.1) is 9.75 Å². The summed E-state index contributed by atoms with van der Waals surface area (Å²) in [6.07, 6.45) is 0.746. The predicted octanol–water partition coefficient (Wildman–Crippen LogP) is 3.75. The lowest BCUT2D eigenvalue weighted by atomic mass is 10.3. The van der Waals surface area contributed by atoms with Crippen molar-refractivity contribution in [2.45, 2.75) is 13.3 Å². The van der Waals surface area contributed by atoms with E-state index in [9.17, 15) is 9.59 Å². The smallest absolute Gasteiger partial charge is 0.261 e. The molecule has 100 valence electrons. The predicted molar refractivity (Wildman–Crippen MR) is 82.4 cm³/mol. The molecule has 1 N–H and O–H groups in total. The number of thiophene rings is 2. The van der Waals surface area contributed by atoms with Gasteiger partial charge in [-0.1, -0.05) is 0 Å². The molecule has 2 aromatic rings. The largest absolute Gasteiger partial charge is 0.351 e.